The van der Waals surface area contributed by atoms with Gasteiger partial charge in [0.15, 0.2) is 0 Å². The second kappa shape index (κ2) is 6.19. The van der Waals surface area contributed by atoms with Crippen LogP contribution in [0.15, 0.2) is 40.9 Å². The van der Waals surface area contributed by atoms with Crippen LogP contribution in [0.25, 0.3) is 0 Å². The van der Waals surface area contributed by atoms with E-state index in [1.807, 2.05) is 0 Å². The molecule has 0 atom stereocenters. The molecule has 0 radical (unpaired) electrons. The number of non-ortho nitro benzene ring substituents is 1. The largest absolute Gasteiger partial charge is 0.321 e. The topological polar surface area (TPSA) is 72.2 Å². The Kier molecular flexibility index (Phi) is 4.54. The molecule has 108 valence electrons. The summed E-state index contributed by atoms with van der Waals surface area (Å²) in [6.45, 7) is 0. The molecule has 0 unspecified atom stereocenters. The molecule has 0 aliphatic rings. The van der Waals surface area contributed by atoms with Crippen LogP contribution < -0.4 is 5.32 Å². The van der Waals surface area contributed by atoms with Gasteiger partial charge in [0.25, 0.3) is 11.6 Å². The van der Waals surface area contributed by atoms with E-state index in [1.165, 1.54) is 0 Å². The predicted octanol–water partition coefficient (Wildman–Crippen LogP) is 4.40. The third-order valence-electron chi connectivity index (χ3n) is 2.61. The average molecular weight is 374 g/mol. The van der Waals surface area contributed by atoms with E-state index in [9.17, 15) is 19.3 Å². The van der Waals surface area contributed by atoms with Crippen LogP contribution in [0.5, 0.6) is 0 Å². The number of carbonyl (C=O) groups is 1. The van der Waals surface area contributed by atoms with Gasteiger partial charge in [-0.15, -0.1) is 0 Å². The summed E-state index contributed by atoms with van der Waals surface area (Å²) in [6.07, 6.45) is 0. The minimum atomic E-state index is -0.972. The Morgan fingerprint density at radius 2 is 2.05 bits per heavy atom. The molecule has 0 saturated heterocycles. The van der Waals surface area contributed by atoms with E-state index in [0.29, 0.717) is 21.2 Å². The molecule has 2 aromatic rings. The van der Waals surface area contributed by atoms with E-state index >= 15 is 0 Å². The molecule has 1 amide bonds. The molecule has 0 spiro atoms. The van der Waals surface area contributed by atoms with Crippen LogP contribution >= 0.6 is 27.5 Å². The molecule has 8 heteroatoms. The van der Waals surface area contributed by atoms with E-state index in [1.54, 1.807) is 18.2 Å². The van der Waals surface area contributed by atoms with Gasteiger partial charge in [0.1, 0.15) is 5.82 Å². The van der Waals surface area contributed by atoms with E-state index in [2.05, 4.69) is 21.2 Å². The normalized spacial score (nSPS) is 10.2. The number of halogens is 3. The van der Waals surface area contributed by atoms with Crippen molar-refractivity contribution in [3.8, 4) is 0 Å². The van der Waals surface area contributed by atoms with Crippen molar-refractivity contribution in [3.05, 3.63) is 67.4 Å². The van der Waals surface area contributed by atoms with Gasteiger partial charge in [0, 0.05) is 6.07 Å². The number of rotatable bonds is 3. The van der Waals surface area contributed by atoms with Crippen molar-refractivity contribution in [1.82, 2.24) is 0 Å². The van der Waals surface area contributed by atoms with Gasteiger partial charge >= 0.3 is 0 Å². The molecule has 5 nitrogen and oxygen atoms in total. The number of anilines is 1. The number of amides is 1. The number of nitrogens with zero attached hydrogens (tertiary/aromatic N) is 1. The van der Waals surface area contributed by atoms with Crippen molar-refractivity contribution in [2.45, 2.75) is 0 Å². The first kappa shape index (κ1) is 15.4. The Morgan fingerprint density at radius 3 is 2.67 bits per heavy atom. The number of benzene rings is 2. The van der Waals surface area contributed by atoms with Crippen LogP contribution in [0.2, 0.25) is 5.02 Å². The quantitative estimate of drug-likeness (QED) is 0.640. The first-order valence-corrected chi connectivity index (χ1v) is 6.76. The fourth-order valence-corrected chi connectivity index (χ4v) is 2.13. The minimum absolute atomic E-state index is 0.299. The van der Waals surface area contributed by atoms with Gasteiger partial charge in [-0.05, 0) is 34.1 Å². The predicted molar refractivity (Wildman–Crippen MR) is 80.2 cm³/mol. The maximum absolute atomic E-state index is 13.7. The Labute approximate surface area is 132 Å². The lowest BCUT2D eigenvalue weighted by atomic mass is 10.1. The van der Waals surface area contributed by atoms with Crippen LogP contribution in [-0.2, 0) is 0 Å². The molecular weight excluding hydrogens is 367 g/mol. The average Bonchev–Trinajstić information content (AvgIpc) is 2.43. The Hall–Kier alpha value is -1.99. The summed E-state index contributed by atoms with van der Waals surface area (Å²) in [4.78, 5) is 21.8. The summed E-state index contributed by atoms with van der Waals surface area (Å²) in [7, 11) is 0. The van der Waals surface area contributed by atoms with Gasteiger partial charge in [0.2, 0.25) is 0 Å². The highest BCUT2D eigenvalue weighted by Crippen LogP contribution is 2.30. The summed E-state index contributed by atoms with van der Waals surface area (Å²) >= 11 is 9.08. The summed E-state index contributed by atoms with van der Waals surface area (Å²) in [5.41, 5.74) is -0.356. The molecule has 2 rings (SSSR count). The van der Waals surface area contributed by atoms with Gasteiger partial charge in [-0.3, -0.25) is 14.9 Å². The molecule has 21 heavy (non-hydrogen) atoms. The maximum atomic E-state index is 13.7. The third kappa shape index (κ3) is 3.37. The number of nitro benzene ring substituents is 1. The number of hydrogen-bond acceptors (Lipinski definition) is 3. The highest BCUT2D eigenvalue weighted by atomic mass is 79.9. The molecule has 0 saturated carbocycles. The first-order valence-electron chi connectivity index (χ1n) is 5.59. The lowest BCUT2D eigenvalue weighted by molar-refractivity contribution is -0.385. The molecule has 1 N–H and O–H groups in total. The highest BCUT2D eigenvalue weighted by Gasteiger charge is 2.17. The van der Waals surface area contributed by atoms with E-state index in [4.69, 9.17) is 11.6 Å². The Bertz CT molecular complexity index is 739. The van der Waals surface area contributed by atoms with Gasteiger partial charge < -0.3 is 5.32 Å². The molecule has 0 fully saturated rings. The van der Waals surface area contributed by atoms with Crippen molar-refractivity contribution in [2.24, 2.45) is 0 Å². The van der Waals surface area contributed by atoms with Crippen molar-refractivity contribution < 1.29 is 14.1 Å². The number of nitro groups is 1. The molecule has 0 aliphatic heterocycles. The molecule has 0 bridgehead atoms. The number of nitrogens with one attached hydrogen (secondary N) is 1. The summed E-state index contributed by atoms with van der Waals surface area (Å²) in [5.74, 6) is -1.70. The smallest absolute Gasteiger partial charge is 0.272 e. The first-order chi connectivity index (χ1) is 9.90. The monoisotopic (exact) mass is 372 g/mol. The van der Waals surface area contributed by atoms with Crippen LogP contribution in [0, 0.1) is 15.9 Å². The summed E-state index contributed by atoms with van der Waals surface area (Å²) < 4.78 is 14.2. The van der Waals surface area contributed by atoms with E-state index in [0.717, 1.165) is 12.1 Å². The Morgan fingerprint density at radius 1 is 1.33 bits per heavy atom. The fraction of sp³-hybridized carbons (Fsp3) is 0. The standard InChI is InChI=1S/C13H7BrClFN2O3/c14-12-9(15)2-1-3-11(12)17-13(19)8-5-4-7(18(20)21)6-10(8)16/h1-6H,(H,17,19). The van der Waals surface area contributed by atoms with Gasteiger partial charge in [0.05, 0.1) is 31.7 Å². The van der Waals surface area contributed by atoms with E-state index < -0.39 is 22.3 Å². The second-order valence-electron chi connectivity index (χ2n) is 3.98. The second-order valence-corrected chi connectivity index (χ2v) is 5.18. The summed E-state index contributed by atoms with van der Waals surface area (Å²) in [5, 5.41) is 13.4. The molecule has 0 heterocycles. The van der Waals surface area contributed by atoms with Crippen molar-refractivity contribution in [2.75, 3.05) is 5.32 Å². The molecule has 0 aliphatic carbocycles. The van der Waals surface area contributed by atoms with Gasteiger partial charge in [-0.1, -0.05) is 17.7 Å². The lowest BCUT2D eigenvalue weighted by Gasteiger charge is -2.09. The number of hydrogen-bond donors (Lipinski definition) is 1. The zero-order chi connectivity index (χ0) is 15.6. The van der Waals surface area contributed by atoms with Crippen LogP contribution in [0.1, 0.15) is 10.4 Å². The van der Waals surface area contributed by atoms with Gasteiger partial charge in [-0.25, -0.2) is 4.39 Å². The molecular formula is C13H7BrClFN2O3. The van der Waals surface area contributed by atoms with Crippen LogP contribution in [0.4, 0.5) is 15.8 Å². The minimum Gasteiger partial charge on any atom is -0.321 e. The molecule has 2 aromatic carbocycles. The number of carbonyl (C=O) groups excluding carboxylic acids is 1. The fourth-order valence-electron chi connectivity index (χ4n) is 1.59. The zero-order valence-electron chi connectivity index (χ0n) is 10.3. The highest BCUT2D eigenvalue weighted by molar-refractivity contribution is 9.10. The zero-order valence-corrected chi connectivity index (χ0v) is 12.6. The SMILES string of the molecule is O=C(Nc1cccc(Cl)c1Br)c1ccc([N+](=O)[O-])cc1F. The van der Waals surface area contributed by atoms with Crippen molar-refractivity contribution in [3.63, 3.8) is 0 Å². The maximum Gasteiger partial charge on any atom is 0.272 e. The van der Waals surface area contributed by atoms with Crippen molar-refractivity contribution in [1.29, 1.82) is 0 Å². The third-order valence-corrected chi connectivity index (χ3v) is 4.01. The van der Waals surface area contributed by atoms with Gasteiger partial charge in [-0.2, -0.15) is 0 Å². The summed E-state index contributed by atoms with van der Waals surface area (Å²) in [6, 6.07) is 7.63. The van der Waals surface area contributed by atoms with Crippen molar-refractivity contribution >= 4 is 44.8 Å². The molecule has 0 aromatic heterocycles. The van der Waals surface area contributed by atoms with E-state index in [-0.39, 0.29) is 5.56 Å². The van der Waals surface area contributed by atoms with Crippen LogP contribution in [-0.4, -0.2) is 10.8 Å². The van der Waals surface area contributed by atoms with Crippen LogP contribution in [0.3, 0.4) is 0 Å². The Balaban J connectivity index is 2.29. The lowest BCUT2D eigenvalue weighted by Crippen LogP contribution is -2.14.